The summed E-state index contributed by atoms with van der Waals surface area (Å²) in [6, 6.07) is 6.68. The molecule has 0 aliphatic rings. The molecule has 0 saturated heterocycles. The van der Waals surface area contributed by atoms with Gasteiger partial charge in [0.2, 0.25) is 0 Å². The summed E-state index contributed by atoms with van der Waals surface area (Å²) in [4.78, 5) is 0. The Hall–Kier alpha value is -1.95. The predicted octanol–water partition coefficient (Wildman–Crippen LogP) is 2.77. The summed E-state index contributed by atoms with van der Waals surface area (Å²) in [5, 5.41) is 10.9. The van der Waals surface area contributed by atoms with Crippen molar-refractivity contribution in [3.05, 3.63) is 48.0 Å². The Bertz CT molecular complexity index is 582. The number of halogens is 1. The third-order valence-electron chi connectivity index (χ3n) is 2.72. The van der Waals surface area contributed by atoms with Crippen LogP contribution in [0.2, 0.25) is 0 Å². The molecular weight excluding hydrogens is 275 g/mol. The summed E-state index contributed by atoms with van der Waals surface area (Å²) in [5.74, 6) is -0.224. The molecule has 0 fully saturated rings. The maximum Gasteiger partial charge on any atom is 0.170 e. The van der Waals surface area contributed by atoms with Crippen molar-refractivity contribution in [2.24, 2.45) is 0 Å². The van der Waals surface area contributed by atoms with Crippen LogP contribution >= 0.6 is 12.2 Å². The summed E-state index contributed by atoms with van der Waals surface area (Å²) in [7, 11) is 0. The van der Waals surface area contributed by atoms with Gasteiger partial charge in [-0.2, -0.15) is 5.10 Å². The summed E-state index contributed by atoms with van der Waals surface area (Å²) >= 11 is 5.14. The number of rotatable bonds is 5. The minimum absolute atomic E-state index is 0.224. The van der Waals surface area contributed by atoms with Gasteiger partial charge in [0.25, 0.3) is 0 Å². The summed E-state index contributed by atoms with van der Waals surface area (Å²) in [6.45, 7) is 3.29. The fraction of sp³-hybridized carbons (Fsp3) is 0.286. The summed E-state index contributed by atoms with van der Waals surface area (Å²) in [6.07, 6.45) is 4.47. The zero-order valence-corrected chi connectivity index (χ0v) is 12.1. The number of anilines is 1. The Kier molecular flexibility index (Phi) is 5.06. The molecule has 4 nitrogen and oxygen atoms in total. The van der Waals surface area contributed by atoms with Crippen LogP contribution in [-0.4, -0.2) is 21.4 Å². The second-order valence-electron chi connectivity index (χ2n) is 4.40. The maximum atomic E-state index is 13.5. The van der Waals surface area contributed by atoms with E-state index in [4.69, 9.17) is 12.2 Å². The van der Waals surface area contributed by atoms with Crippen LogP contribution in [0.3, 0.4) is 0 Å². The molecule has 0 radical (unpaired) electrons. The molecular formula is C14H17FN4S. The monoisotopic (exact) mass is 292 g/mol. The van der Waals surface area contributed by atoms with Crippen molar-refractivity contribution in [2.75, 3.05) is 11.9 Å². The van der Waals surface area contributed by atoms with Crippen LogP contribution in [0.25, 0.3) is 0 Å². The van der Waals surface area contributed by atoms with E-state index >= 15 is 0 Å². The maximum absolute atomic E-state index is 13.5. The van der Waals surface area contributed by atoms with E-state index in [0.717, 1.165) is 18.7 Å². The molecule has 2 rings (SSSR count). The van der Waals surface area contributed by atoms with Crippen LogP contribution in [-0.2, 0) is 6.54 Å². The Labute approximate surface area is 123 Å². The van der Waals surface area contributed by atoms with E-state index in [1.165, 1.54) is 6.07 Å². The first kappa shape index (κ1) is 14.5. The van der Waals surface area contributed by atoms with Gasteiger partial charge in [-0.15, -0.1) is 0 Å². The van der Waals surface area contributed by atoms with Crippen LogP contribution in [0, 0.1) is 5.82 Å². The first-order chi connectivity index (χ1) is 9.69. The van der Waals surface area contributed by atoms with E-state index in [0.29, 0.717) is 17.2 Å². The molecule has 0 aliphatic heterocycles. The first-order valence-corrected chi connectivity index (χ1v) is 6.90. The smallest absolute Gasteiger partial charge is 0.170 e. The standard InChI is InChI=1S/C14H17FN4S/c1-2-7-16-14(20)18-12-8-17-19(10-12)9-11-5-3-4-6-13(11)15/h3-6,8,10H,2,7,9H2,1H3,(H2,16,18,20). The fourth-order valence-electron chi connectivity index (χ4n) is 1.73. The van der Waals surface area contributed by atoms with E-state index < -0.39 is 0 Å². The lowest BCUT2D eigenvalue weighted by molar-refractivity contribution is 0.585. The SMILES string of the molecule is CCCNC(=S)Nc1cnn(Cc2ccccc2F)c1. The molecule has 0 atom stereocenters. The van der Waals surface area contributed by atoms with Crippen LogP contribution in [0.15, 0.2) is 36.7 Å². The molecule has 1 aromatic heterocycles. The highest BCUT2D eigenvalue weighted by Gasteiger charge is 2.04. The highest BCUT2D eigenvalue weighted by Crippen LogP contribution is 2.10. The first-order valence-electron chi connectivity index (χ1n) is 6.49. The largest absolute Gasteiger partial charge is 0.362 e. The van der Waals surface area contributed by atoms with Gasteiger partial charge in [-0.3, -0.25) is 4.68 Å². The number of nitrogens with zero attached hydrogens (tertiary/aromatic N) is 2. The van der Waals surface area contributed by atoms with Crippen molar-refractivity contribution >= 4 is 23.0 Å². The van der Waals surface area contributed by atoms with Crippen molar-refractivity contribution in [3.63, 3.8) is 0 Å². The van der Waals surface area contributed by atoms with Crippen LogP contribution in [0.5, 0.6) is 0 Å². The van der Waals surface area contributed by atoms with Gasteiger partial charge >= 0.3 is 0 Å². The molecule has 0 aliphatic carbocycles. The van der Waals surface area contributed by atoms with Gasteiger partial charge in [0.15, 0.2) is 5.11 Å². The van der Waals surface area contributed by atoms with E-state index in [1.54, 1.807) is 29.2 Å². The van der Waals surface area contributed by atoms with Crippen LogP contribution in [0.1, 0.15) is 18.9 Å². The molecule has 2 N–H and O–H groups in total. The lowest BCUT2D eigenvalue weighted by Crippen LogP contribution is -2.28. The van der Waals surface area contributed by atoms with Crippen LogP contribution in [0.4, 0.5) is 10.1 Å². The Morgan fingerprint density at radius 2 is 2.20 bits per heavy atom. The minimum Gasteiger partial charge on any atom is -0.362 e. The van der Waals surface area contributed by atoms with Gasteiger partial charge in [0.1, 0.15) is 5.82 Å². The van der Waals surface area contributed by atoms with Gasteiger partial charge in [-0.25, -0.2) is 4.39 Å². The van der Waals surface area contributed by atoms with Crippen molar-refractivity contribution in [1.29, 1.82) is 0 Å². The number of benzene rings is 1. The Morgan fingerprint density at radius 1 is 1.40 bits per heavy atom. The highest BCUT2D eigenvalue weighted by molar-refractivity contribution is 7.80. The molecule has 0 bridgehead atoms. The third kappa shape index (κ3) is 4.03. The van der Waals surface area contributed by atoms with Gasteiger partial charge in [-0.1, -0.05) is 25.1 Å². The number of thiocarbonyl (C=S) groups is 1. The van der Waals surface area contributed by atoms with Gasteiger partial charge in [0.05, 0.1) is 18.4 Å². The topological polar surface area (TPSA) is 41.9 Å². The van der Waals surface area contributed by atoms with Gasteiger partial charge < -0.3 is 10.6 Å². The molecule has 106 valence electrons. The molecule has 0 saturated carbocycles. The average molecular weight is 292 g/mol. The molecule has 1 heterocycles. The van der Waals surface area contributed by atoms with E-state index in [1.807, 2.05) is 6.07 Å². The van der Waals surface area contributed by atoms with Crippen molar-refractivity contribution < 1.29 is 4.39 Å². The van der Waals surface area contributed by atoms with Crippen molar-refractivity contribution in [3.8, 4) is 0 Å². The number of nitrogens with one attached hydrogen (secondary N) is 2. The van der Waals surface area contributed by atoms with Crippen molar-refractivity contribution in [1.82, 2.24) is 15.1 Å². The average Bonchev–Trinajstić information content (AvgIpc) is 2.86. The number of aromatic nitrogens is 2. The zero-order chi connectivity index (χ0) is 14.4. The van der Waals surface area contributed by atoms with E-state index in [2.05, 4.69) is 22.7 Å². The second-order valence-corrected chi connectivity index (χ2v) is 4.81. The lowest BCUT2D eigenvalue weighted by Gasteiger charge is -2.07. The second kappa shape index (κ2) is 7.00. The third-order valence-corrected chi connectivity index (χ3v) is 2.96. The minimum atomic E-state index is -0.224. The molecule has 6 heteroatoms. The molecule has 20 heavy (non-hydrogen) atoms. The predicted molar refractivity (Wildman–Crippen MR) is 82.2 cm³/mol. The molecule has 1 aromatic carbocycles. The highest BCUT2D eigenvalue weighted by atomic mass is 32.1. The van der Waals surface area contributed by atoms with Crippen LogP contribution < -0.4 is 10.6 Å². The molecule has 2 aromatic rings. The van der Waals surface area contributed by atoms with E-state index in [9.17, 15) is 4.39 Å². The molecule has 0 unspecified atom stereocenters. The molecule has 0 spiro atoms. The summed E-state index contributed by atoms with van der Waals surface area (Å²) in [5.41, 5.74) is 1.39. The van der Waals surface area contributed by atoms with Gasteiger partial charge in [0, 0.05) is 18.3 Å². The molecule has 0 amide bonds. The normalized spacial score (nSPS) is 10.3. The lowest BCUT2D eigenvalue weighted by atomic mass is 10.2. The zero-order valence-electron chi connectivity index (χ0n) is 11.3. The Morgan fingerprint density at radius 3 is 2.95 bits per heavy atom. The quantitative estimate of drug-likeness (QED) is 0.832. The van der Waals surface area contributed by atoms with E-state index in [-0.39, 0.29) is 5.82 Å². The number of hydrogen-bond donors (Lipinski definition) is 2. The van der Waals surface area contributed by atoms with Gasteiger partial charge in [-0.05, 0) is 24.7 Å². The number of hydrogen-bond acceptors (Lipinski definition) is 2. The Balaban J connectivity index is 1.96. The van der Waals surface area contributed by atoms with Crippen molar-refractivity contribution in [2.45, 2.75) is 19.9 Å². The summed E-state index contributed by atoms with van der Waals surface area (Å²) < 4.78 is 15.2. The fourth-order valence-corrected chi connectivity index (χ4v) is 1.95.